The predicted molar refractivity (Wildman–Crippen MR) is 81.5 cm³/mol. The van der Waals surface area contributed by atoms with Gasteiger partial charge in [-0.05, 0) is 19.4 Å². The molecule has 7 heteroatoms. The molecule has 3 atom stereocenters. The predicted octanol–water partition coefficient (Wildman–Crippen LogP) is 1.05. The van der Waals surface area contributed by atoms with Crippen molar-refractivity contribution in [1.29, 1.82) is 0 Å². The van der Waals surface area contributed by atoms with Crippen LogP contribution in [0.15, 0.2) is 30.3 Å². The Kier molecular flexibility index (Phi) is 5.90. The lowest BCUT2D eigenvalue weighted by Crippen LogP contribution is -2.54. The van der Waals surface area contributed by atoms with Gasteiger partial charge in [0.15, 0.2) is 5.54 Å². The van der Waals surface area contributed by atoms with E-state index in [0.29, 0.717) is 11.3 Å². The van der Waals surface area contributed by atoms with Crippen LogP contribution >= 0.6 is 0 Å². The van der Waals surface area contributed by atoms with E-state index in [-0.39, 0.29) is 6.04 Å². The maximum absolute atomic E-state index is 11.9. The van der Waals surface area contributed by atoms with Crippen LogP contribution in [0.2, 0.25) is 0 Å². The van der Waals surface area contributed by atoms with E-state index in [9.17, 15) is 18.9 Å². The van der Waals surface area contributed by atoms with Gasteiger partial charge >= 0.3 is 12.0 Å². The van der Waals surface area contributed by atoms with E-state index in [4.69, 9.17) is 0 Å². The number of aliphatic carboxylic acids is 1. The summed E-state index contributed by atoms with van der Waals surface area (Å²) in [5, 5.41) is 14.5. The Balaban J connectivity index is 2.82. The van der Waals surface area contributed by atoms with E-state index in [1.807, 2.05) is 0 Å². The van der Waals surface area contributed by atoms with Gasteiger partial charge in [-0.3, -0.25) is 4.21 Å². The Bertz CT molecular complexity index is 535. The van der Waals surface area contributed by atoms with Crippen molar-refractivity contribution < 1.29 is 18.9 Å². The highest BCUT2D eigenvalue weighted by Gasteiger charge is 2.37. The van der Waals surface area contributed by atoms with Gasteiger partial charge in [-0.25, -0.2) is 9.59 Å². The van der Waals surface area contributed by atoms with Gasteiger partial charge < -0.3 is 15.7 Å². The van der Waals surface area contributed by atoms with E-state index < -0.39 is 28.3 Å². The summed E-state index contributed by atoms with van der Waals surface area (Å²) in [7, 11) is -1.04. The molecule has 0 heterocycles. The zero-order valence-electron chi connectivity index (χ0n) is 12.3. The molecule has 0 radical (unpaired) electrons. The third-order valence-corrected chi connectivity index (χ3v) is 3.97. The highest BCUT2D eigenvalue weighted by Crippen LogP contribution is 2.20. The lowest BCUT2D eigenvalue weighted by Gasteiger charge is -2.27. The molecule has 0 aromatic heterocycles. The standard InChI is InChI=1S/C14H20N2O4S/c1-10(9-21(3)20)15-13(19)16-14(2,12(17)18)11-7-5-4-6-8-11/h4-8,10H,9H2,1-3H3,(H,17,18)(H2,15,16,19). The number of carbonyl (C=O) groups is 2. The summed E-state index contributed by atoms with van der Waals surface area (Å²) in [6.07, 6.45) is 1.54. The van der Waals surface area contributed by atoms with E-state index in [1.54, 1.807) is 43.5 Å². The first-order valence-electron chi connectivity index (χ1n) is 6.43. The van der Waals surface area contributed by atoms with E-state index in [2.05, 4.69) is 10.6 Å². The number of carboxylic acid groups (broad SMARTS) is 1. The van der Waals surface area contributed by atoms with E-state index in [1.165, 1.54) is 6.92 Å². The van der Waals surface area contributed by atoms with Crippen LogP contribution in [0.3, 0.4) is 0 Å². The van der Waals surface area contributed by atoms with Crippen LogP contribution in [-0.4, -0.2) is 39.4 Å². The molecular formula is C14H20N2O4S. The summed E-state index contributed by atoms with van der Waals surface area (Å²) < 4.78 is 11.1. The second-order valence-corrected chi connectivity index (χ2v) is 6.52. The molecule has 2 amide bonds. The van der Waals surface area contributed by atoms with Crippen LogP contribution in [0.4, 0.5) is 4.79 Å². The molecule has 1 rings (SSSR count). The fraction of sp³-hybridized carbons (Fsp3) is 0.429. The molecule has 1 aromatic carbocycles. The van der Waals surface area contributed by atoms with Crippen LogP contribution in [0.1, 0.15) is 19.4 Å². The van der Waals surface area contributed by atoms with Gasteiger partial charge in [0.1, 0.15) is 0 Å². The summed E-state index contributed by atoms with van der Waals surface area (Å²) in [4.78, 5) is 23.5. The van der Waals surface area contributed by atoms with Gasteiger partial charge in [0.05, 0.1) is 0 Å². The summed E-state index contributed by atoms with van der Waals surface area (Å²) in [5.74, 6) is -0.849. The Morgan fingerprint density at radius 2 is 1.90 bits per heavy atom. The molecule has 3 N–H and O–H groups in total. The number of carboxylic acids is 1. The number of nitrogens with one attached hydrogen (secondary N) is 2. The number of rotatable bonds is 6. The Labute approximate surface area is 126 Å². The molecule has 116 valence electrons. The molecule has 0 spiro atoms. The van der Waals surface area contributed by atoms with Crippen molar-refractivity contribution >= 4 is 22.8 Å². The van der Waals surface area contributed by atoms with Gasteiger partial charge in [-0.1, -0.05) is 30.3 Å². The van der Waals surface area contributed by atoms with Gasteiger partial charge in [-0.2, -0.15) is 0 Å². The number of amides is 2. The van der Waals surface area contributed by atoms with Crippen LogP contribution in [0.5, 0.6) is 0 Å². The van der Waals surface area contributed by atoms with Gasteiger partial charge in [0, 0.05) is 28.9 Å². The fourth-order valence-corrected chi connectivity index (χ4v) is 2.69. The molecule has 0 aliphatic carbocycles. The van der Waals surface area contributed by atoms with Crippen molar-refractivity contribution in [3.05, 3.63) is 35.9 Å². The molecule has 0 aliphatic heterocycles. The highest BCUT2D eigenvalue weighted by atomic mass is 32.2. The second-order valence-electron chi connectivity index (χ2n) is 5.04. The zero-order valence-corrected chi connectivity index (χ0v) is 13.1. The molecule has 0 bridgehead atoms. The minimum Gasteiger partial charge on any atom is -0.479 e. The SMILES string of the molecule is CC(CS(C)=O)NC(=O)NC(C)(C(=O)O)c1ccccc1. The number of hydrogen-bond donors (Lipinski definition) is 3. The summed E-state index contributed by atoms with van der Waals surface area (Å²) in [6.45, 7) is 3.13. The molecule has 21 heavy (non-hydrogen) atoms. The molecule has 0 fully saturated rings. The number of hydrogen-bond acceptors (Lipinski definition) is 3. The first-order chi connectivity index (χ1) is 9.75. The number of benzene rings is 1. The minimum atomic E-state index is -1.53. The maximum Gasteiger partial charge on any atom is 0.333 e. The smallest absolute Gasteiger partial charge is 0.333 e. The Hall–Kier alpha value is -1.89. The quantitative estimate of drug-likeness (QED) is 0.731. The molecule has 1 aromatic rings. The first-order valence-corrected chi connectivity index (χ1v) is 8.16. The van der Waals surface area contributed by atoms with Crippen molar-refractivity contribution in [3.8, 4) is 0 Å². The maximum atomic E-state index is 11.9. The zero-order chi connectivity index (χ0) is 16.0. The second kappa shape index (κ2) is 7.21. The third-order valence-electron chi connectivity index (χ3n) is 3.00. The Morgan fingerprint density at radius 1 is 1.33 bits per heavy atom. The monoisotopic (exact) mass is 312 g/mol. The molecule has 0 aliphatic rings. The summed E-state index contributed by atoms with van der Waals surface area (Å²) in [5.41, 5.74) is -1.06. The van der Waals surface area contributed by atoms with Crippen LogP contribution < -0.4 is 10.6 Å². The molecular weight excluding hydrogens is 292 g/mol. The van der Waals surface area contributed by atoms with E-state index in [0.717, 1.165) is 0 Å². The van der Waals surface area contributed by atoms with Crippen LogP contribution in [-0.2, 0) is 21.1 Å². The lowest BCUT2D eigenvalue weighted by atomic mass is 9.92. The third kappa shape index (κ3) is 4.86. The fourth-order valence-electron chi connectivity index (χ4n) is 1.90. The highest BCUT2D eigenvalue weighted by molar-refractivity contribution is 7.84. The van der Waals surface area contributed by atoms with Crippen molar-refractivity contribution in [2.45, 2.75) is 25.4 Å². The molecule has 0 saturated heterocycles. The van der Waals surface area contributed by atoms with Crippen LogP contribution in [0, 0.1) is 0 Å². The number of urea groups is 1. The summed E-state index contributed by atoms with van der Waals surface area (Å²) in [6, 6.07) is 7.53. The van der Waals surface area contributed by atoms with Gasteiger partial charge in [0.2, 0.25) is 0 Å². The average molecular weight is 312 g/mol. The molecule has 3 unspecified atom stereocenters. The van der Waals surface area contributed by atoms with Crippen molar-refractivity contribution in [2.75, 3.05) is 12.0 Å². The molecule has 6 nitrogen and oxygen atoms in total. The topological polar surface area (TPSA) is 95.5 Å². The van der Waals surface area contributed by atoms with Gasteiger partial charge in [-0.15, -0.1) is 0 Å². The summed E-state index contributed by atoms with van der Waals surface area (Å²) >= 11 is 0. The molecule has 0 saturated carbocycles. The van der Waals surface area contributed by atoms with Crippen molar-refractivity contribution in [2.24, 2.45) is 0 Å². The first kappa shape index (κ1) is 17.2. The lowest BCUT2D eigenvalue weighted by molar-refractivity contribution is -0.144. The average Bonchev–Trinajstić information content (AvgIpc) is 2.37. The normalized spacial score (nSPS) is 16.3. The number of carbonyl (C=O) groups excluding carboxylic acids is 1. The van der Waals surface area contributed by atoms with Crippen molar-refractivity contribution in [1.82, 2.24) is 10.6 Å². The van der Waals surface area contributed by atoms with Gasteiger partial charge in [0.25, 0.3) is 0 Å². The Morgan fingerprint density at radius 3 is 2.38 bits per heavy atom. The van der Waals surface area contributed by atoms with Crippen LogP contribution in [0.25, 0.3) is 0 Å². The largest absolute Gasteiger partial charge is 0.479 e. The van der Waals surface area contributed by atoms with E-state index >= 15 is 0 Å². The minimum absolute atomic E-state index is 0.308. The van der Waals surface area contributed by atoms with Crippen molar-refractivity contribution in [3.63, 3.8) is 0 Å².